The Labute approximate surface area is 102 Å². The molecule has 1 aliphatic heterocycles. The molecule has 18 heavy (non-hydrogen) atoms. The second-order valence-corrected chi connectivity index (χ2v) is 4.21. The maximum atomic E-state index is 12.1. The average Bonchev–Trinajstić information content (AvgIpc) is 2.27. The summed E-state index contributed by atoms with van der Waals surface area (Å²) in [5.74, 6) is -0.542. The Morgan fingerprint density at radius 1 is 1.33 bits per heavy atom. The first-order chi connectivity index (χ1) is 8.46. The summed E-state index contributed by atoms with van der Waals surface area (Å²) in [6, 6.07) is 5.66. The van der Waals surface area contributed by atoms with Crippen LogP contribution >= 0.6 is 0 Å². The number of quaternary nitrogens is 1. The van der Waals surface area contributed by atoms with E-state index in [1.807, 2.05) is 5.32 Å². The highest BCUT2D eigenvalue weighted by Gasteiger charge is 2.32. The number of nitrogens with two attached hydrogens (primary N) is 1. The van der Waals surface area contributed by atoms with Crippen molar-refractivity contribution >= 4 is 5.78 Å². The number of rotatable bonds is 2. The molecule has 0 radical (unpaired) electrons. The first-order valence-corrected chi connectivity index (χ1v) is 5.66. The lowest BCUT2D eigenvalue weighted by Gasteiger charge is -2.20. The maximum Gasteiger partial charge on any atom is 0.573 e. The molecule has 1 saturated heterocycles. The second-order valence-electron chi connectivity index (χ2n) is 4.21. The number of benzene rings is 1. The van der Waals surface area contributed by atoms with Gasteiger partial charge in [-0.3, -0.25) is 4.79 Å². The van der Waals surface area contributed by atoms with Gasteiger partial charge in [-0.05, 0) is 17.7 Å². The Kier molecular flexibility index (Phi) is 3.56. The minimum absolute atomic E-state index is 0.0467. The molecule has 98 valence electrons. The summed E-state index contributed by atoms with van der Waals surface area (Å²) in [5.41, 5.74) is 0.592. The normalized spacial score (nSPS) is 20.8. The van der Waals surface area contributed by atoms with Crippen molar-refractivity contribution in [1.82, 2.24) is 0 Å². The molecule has 0 saturated carbocycles. The summed E-state index contributed by atoms with van der Waals surface area (Å²) in [6.45, 7) is 1.19. The highest BCUT2D eigenvalue weighted by Crippen LogP contribution is 2.28. The van der Waals surface area contributed by atoms with Crippen molar-refractivity contribution in [2.45, 2.75) is 18.7 Å². The molecule has 2 N–H and O–H groups in total. The van der Waals surface area contributed by atoms with E-state index in [0.29, 0.717) is 18.5 Å². The number of hydrogen-bond acceptors (Lipinski definition) is 2. The first kappa shape index (κ1) is 12.9. The highest BCUT2D eigenvalue weighted by molar-refractivity contribution is 5.87. The van der Waals surface area contributed by atoms with Crippen LogP contribution < -0.4 is 10.1 Å². The Bertz CT molecular complexity index is 445. The van der Waals surface area contributed by atoms with Crippen LogP contribution in [0.15, 0.2) is 24.3 Å². The molecule has 0 bridgehead atoms. The van der Waals surface area contributed by atoms with Gasteiger partial charge >= 0.3 is 6.36 Å². The summed E-state index contributed by atoms with van der Waals surface area (Å²) >= 11 is 0. The van der Waals surface area contributed by atoms with Crippen LogP contribution in [0, 0.1) is 0 Å². The third-order valence-corrected chi connectivity index (χ3v) is 2.89. The molecule has 1 fully saturated rings. The Morgan fingerprint density at radius 3 is 2.78 bits per heavy atom. The molecule has 0 spiro atoms. The SMILES string of the molecule is O=C1C[NH2+]CCC1c1cccc(OC(F)(F)F)c1. The standard InChI is InChI=1S/C12H12F3NO2/c13-12(14,15)18-9-3-1-2-8(6-9)10-4-5-16-7-11(10)17/h1-3,6,10,16H,4-5,7H2/p+1. The van der Waals surface area contributed by atoms with Gasteiger partial charge in [-0.15, -0.1) is 13.2 Å². The van der Waals surface area contributed by atoms with Crippen LogP contribution in [0.4, 0.5) is 13.2 Å². The van der Waals surface area contributed by atoms with E-state index in [4.69, 9.17) is 0 Å². The smallest absolute Gasteiger partial charge is 0.406 e. The van der Waals surface area contributed by atoms with Crippen molar-refractivity contribution < 1.29 is 28.0 Å². The van der Waals surface area contributed by atoms with Crippen LogP contribution in [0.3, 0.4) is 0 Å². The van der Waals surface area contributed by atoms with Gasteiger partial charge in [0.2, 0.25) is 0 Å². The van der Waals surface area contributed by atoms with Gasteiger partial charge in [-0.2, -0.15) is 0 Å². The van der Waals surface area contributed by atoms with E-state index < -0.39 is 6.36 Å². The number of ether oxygens (including phenoxy) is 1. The third-order valence-electron chi connectivity index (χ3n) is 2.89. The zero-order chi connectivity index (χ0) is 13.2. The largest absolute Gasteiger partial charge is 0.573 e. The van der Waals surface area contributed by atoms with Gasteiger partial charge in [0, 0.05) is 6.42 Å². The van der Waals surface area contributed by atoms with E-state index in [1.54, 1.807) is 6.07 Å². The fraction of sp³-hybridized carbons (Fsp3) is 0.417. The third kappa shape index (κ3) is 3.22. The summed E-state index contributed by atoms with van der Waals surface area (Å²) in [6.07, 6.45) is -4.06. The first-order valence-electron chi connectivity index (χ1n) is 5.66. The zero-order valence-corrected chi connectivity index (χ0v) is 9.54. The molecule has 3 nitrogen and oxygen atoms in total. The van der Waals surface area contributed by atoms with E-state index in [2.05, 4.69) is 4.74 Å². The van der Waals surface area contributed by atoms with Crippen LogP contribution in [0.2, 0.25) is 0 Å². The monoisotopic (exact) mass is 260 g/mol. The zero-order valence-electron chi connectivity index (χ0n) is 9.54. The summed E-state index contributed by atoms with van der Waals surface area (Å²) in [7, 11) is 0. The van der Waals surface area contributed by atoms with Crippen molar-refractivity contribution in [1.29, 1.82) is 0 Å². The second kappa shape index (κ2) is 4.97. The van der Waals surface area contributed by atoms with Crippen LogP contribution in [0.1, 0.15) is 17.9 Å². The number of carbonyl (C=O) groups excluding carboxylic acids is 1. The van der Waals surface area contributed by atoms with E-state index >= 15 is 0 Å². The van der Waals surface area contributed by atoms with E-state index in [0.717, 1.165) is 6.54 Å². The molecule has 2 rings (SSSR count). The number of piperidine rings is 1. The summed E-state index contributed by atoms with van der Waals surface area (Å²) in [4.78, 5) is 11.7. The summed E-state index contributed by atoms with van der Waals surface area (Å²) in [5, 5.41) is 1.90. The molecule has 0 amide bonds. The van der Waals surface area contributed by atoms with Crippen LogP contribution in [0.25, 0.3) is 0 Å². The minimum atomic E-state index is -4.71. The molecule has 1 heterocycles. The Balaban J connectivity index is 2.18. The van der Waals surface area contributed by atoms with Crippen molar-refractivity contribution in [3.63, 3.8) is 0 Å². The lowest BCUT2D eigenvalue weighted by molar-refractivity contribution is -0.648. The Morgan fingerprint density at radius 2 is 2.11 bits per heavy atom. The fourth-order valence-corrected chi connectivity index (χ4v) is 2.11. The molecule has 1 aromatic carbocycles. The van der Waals surface area contributed by atoms with E-state index in [-0.39, 0.29) is 17.5 Å². The number of ketones is 1. The number of alkyl halides is 3. The lowest BCUT2D eigenvalue weighted by atomic mass is 9.89. The topological polar surface area (TPSA) is 42.9 Å². The number of hydrogen-bond donors (Lipinski definition) is 1. The molecule has 1 unspecified atom stereocenters. The molecule has 6 heteroatoms. The van der Waals surface area contributed by atoms with Gasteiger partial charge in [0.15, 0.2) is 5.78 Å². The maximum absolute atomic E-state index is 12.1. The predicted molar refractivity (Wildman–Crippen MR) is 57.1 cm³/mol. The minimum Gasteiger partial charge on any atom is -0.406 e. The quantitative estimate of drug-likeness (QED) is 0.868. The van der Waals surface area contributed by atoms with Crippen molar-refractivity contribution in [2.75, 3.05) is 13.1 Å². The Hall–Kier alpha value is -1.56. The van der Waals surface area contributed by atoms with Crippen molar-refractivity contribution in [3.05, 3.63) is 29.8 Å². The van der Waals surface area contributed by atoms with Gasteiger partial charge in [0.1, 0.15) is 12.3 Å². The predicted octanol–water partition coefficient (Wildman–Crippen LogP) is 1.20. The van der Waals surface area contributed by atoms with Gasteiger partial charge in [-0.1, -0.05) is 12.1 Å². The van der Waals surface area contributed by atoms with Crippen LogP contribution in [-0.2, 0) is 4.79 Å². The highest BCUT2D eigenvalue weighted by atomic mass is 19.4. The molecular formula is C12H13F3NO2+. The van der Waals surface area contributed by atoms with Crippen molar-refractivity contribution in [3.8, 4) is 5.75 Å². The van der Waals surface area contributed by atoms with Crippen LogP contribution in [-0.4, -0.2) is 25.2 Å². The molecule has 1 aromatic rings. The average molecular weight is 260 g/mol. The molecule has 0 aromatic heterocycles. The van der Waals surface area contributed by atoms with Crippen molar-refractivity contribution in [2.24, 2.45) is 0 Å². The van der Waals surface area contributed by atoms with E-state index in [1.165, 1.54) is 18.2 Å². The van der Waals surface area contributed by atoms with Gasteiger partial charge < -0.3 is 10.1 Å². The van der Waals surface area contributed by atoms with Gasteiger partial charge in [0.25, 0.3) is 0 Å². The molecule has 1 atom stereocenters. The molecule has 0 aliphatic carbocycles. The molecule has 1 aliphatic rings. The lowest BCUT2D eigenvalue weighted by Crippen LogP contribution is -2.88. The van der Waals surface area contributed by atoms with E-state index in [9.17, 15) is 18.0 Å². The van der Waals surface area contributed by atoms with Gasteiger partial charge in [0.05, 0.1) is 12.5 Å². The molecular weight excluding hydrogens is 247 g/mol. The number of carbonyl (C=O) groups is 1. The fourth-order valence-electron chi connectivity index (χ4n) is 2.11. The van der Waals surface area contributed by atoms with Crippen LogP contribution in [0.5, 0.6) is 5.75 Å². The number of Topliss-reactive ketones (excluding diaryl/α,β-unsaturated/α-hetero) is 1. The summed E-state index contributed by atoms with van der Waals surface area (Å²) < 4.78 is 40.1. The number of halogens is 3. The van der Waals surface area contributed by atoms with Gasteiger partial charge in [-0.25, -0.2) is 0 Å².